The van der Waals surface area contributed by atoms with Crippen molar-refractivity contribution in [2.45, 2.75) is 51.5 Å². The number of halogens is 1. The van der Waals surface area contributed by atoms with Gasteiger partial charge in [-0.2, -0.15) is 0 Å². The summed E-state index contributed by atoms with van der Waals surface area (Å²) in [6, 6.07) is 7.59. The summed E-state index contributed by atoms with van der Waals surface area (Å²) < 4.78 is 13.7. The van der Waals surface area contributed by atoms with Crippen molar-refractivity contribution < 1.29 is 4.39 Å². The summed E-state index contributed by atoms with van der Waals surface area (Å²) >= 11 is 0. The smallest absolute Gasteiger partial charge is 0.126 e. The lowest BCUT2D eigenvalue weighted by Crippen LogP contribution is -2.32. The van der Waals surface area contributed by atoms with Gasteiger partial charge in [0.25, 0.3) is 0 Å². The molecule has 1 aromatic rings. The van der Waals surface area contributed by atoms with E-state index in [0.29, 0.717) is 6.04 Å². The van der Waals surface area contributed by atoms with Gasteiger partial charge in [-0.25, -0.2) is 4.39 Å². The van der Waals surface area contributed by atoms with Crippen LogP contribution in [-0.4, -0.2) is 12.6 Å². The van der Waals surface area contributed by atoms with Crippen LogP contribution < -0.4 is 5.32 Å². The van der Waals surface area contributed by atoms with Gasteiger partial charge in [0.1, 0.15) is 5.82 Å². The fraction of sp³-hybridized carbons (Fsp3) is 0.625. The average Bonchev–Trinajstić information content (AvgIpc) is 3.19. The molecule has 18 heavy (non-hydrogen) atoms. The molecule has 0 saturated heterocycles. The van der Waals surface area contributed by atoms with Crippen LogP contribution in [0.25, 0.3) is 0 Å². The van der Waals surface area contributed by atoms with Gasteiger partial charge in [-0.3, -0.25) is 0 Å². The molecule has 2 rings (SSSR count). The van der Waals surface area contributed by atoms with Gasteiger partial charge < -0.3 is 5.32 Å². The van der Waals surface area contributed by atoms with Crippen LogP contribution in [0, 0.1) is 11.7 Å². The molecule has 0 amide bonds. The van der Waals surface area contributed by atoms with Crippen molar-refractivity contribution in [3.8, 4) is 0 Å². The Labute approximate surface area is 110 Å². The van der Waals surface area contributed by atoms with Crippen LogP contribution in [0.3, 0.4) is 0 Å². The topological polar surface area (TPSA) is 12.0 Å². The average molecular weight is 249 g/mol. The summed E-state index contributed by atoms with van der Waals surface area (Å²) in [7, 11) is 0. The maximum Gasteiger partial charge on any atom is 0.126 e. The monoisotopic (exact) mass is 249 g/mol. The minimum atomic E-state index is -0.0628. The zero-order valence-electron chi connectivity index (χ0n) is 11.3. The highest BCUT2D eigenvalue weighted by atomic mass is 19.1. The first-order chi connectivity index (χ1) is 8.79. The van der Waals surface area contributed by atoms with E-state index in [1.165, 1.54) is 25.7 Å². The Morgan fingerprint density at radius 3 is 2.78 bits per heavy atom. The quantitative estimate of drug-likeness (QED) is 0.736. The zero-order valence-corrected chi connectivity index (χ0v) is 11.3. The van der Waals surface area contributed by atoms with Gasteiger partial charge in [0.15, 0.2) is 0 Å². The second-order valence-corrected chi connectivity index (χ2v) is 5.47. The molecule has 1 aliphatic carbocycles. The number of hydrogen-bond donors (Lipinski definition) is 1. The number of benzene rings is 1. The molecule has 1 N–H and O–H groups in total. The van der Waals surface area contributed by atoms with E-state index in [1.54, 1.807) is 12.1 Å². The molecule has 1 fully saturated rings. The van der Waals surface area contributed by atoms with Crippen LogP contribution in [0.1, 0.15) is 44.6 Å². The van der Waals surface area contributed by atoms with Crippen molar-refractivity contribution >= 4 is 0 Å². The largest absolute Gasteiger partial charge is 0.314 e. The normalized spacial score (nSPS) is 16.8. The van der Waals surface area contributed by atoms with Crippen molar-refractivity contribution in [2.24, 2.45) is 5.92 Å². The number of rotatable bonds is 8. The van der Waals surface area contributed by atoms with Gasteiger partial charge in [0, 0.05) is 6.04 Å². The Kier molecular flexibility index (Phi) is 5.18. The van der Waals surface area contributed by atoms with E-state index < -0.39 is 0 Å². The van der Waals surface area contributed by atoms with Gasteiger partial charge in [0.2, 0.25) is 0 Å². The first kappa shape index (κ1) is 13.5. The van der Waals surface area contributed by atoms with E-state index in [0.717, 1.165) is 30.9 Å². The van der Waals surface area contributed by atoms with Gasteiger partial charge in [-0.05, 0) is 49.8 Å². The first-order valence-electron chi connectivity index (χ1n) is 7.26. The van der Waals surface area contributed by atoms with E-state index in [4.69, 9.17) is 0 Å². The minimum absolute atomic E-state index is 0.0628. The molecule has 1 atom stereocenters. The van der Waals surface area contributed by atoms with E-state index in [-0.39, 0.29) is 5.82 Å². The lowest BCUT2D eigenvalue weighted by molar-refractivity contribution is 0.445. The Balaban J connectivity index is 1.87. The highest BCUT2D eigenvalue weighted by molar-refractivity contribution is 5.18. The fourth-order valence-corrected chi connectivity index (χ4v) is 2.40. The molecule has 100 valence electrons. The standard InChI is InChI=1S/C16H24FN/c1-2-11-18-15(10-9-13-7-8-13)12-14-5-3-4-6-16(14)17/h3-6,13,15,18H,2,7-12H2,1H3. The molecule has 0 radical (unpaired) electrons. The molecule has 1 nitrogen and oxygen atoms in total. The summed E-state index contributed by atoms with van der Waals surface area (Å²) in [5.74, 6) is 0.892. The summed E-state index contributed by atoms with van der Waals surface area (Å²) in [4.78, 5) is 0. The van der Waals surface area contributed by atoms with Crippen LogP contribution in [0.5, 0.6) is 0 Å². The van der Waals surface area contributed by atoms with Crippen molar-refractivity contribution in [1.82, 2.24) is 5.32 Å². The maximum atomic E-state index is 13.7. The molecule has 0 heterocycles. The molecule has 0 aliphatic heterocycles. The number of nitrogens with one attached hydrogen (secondary N) is 1. The third-order valence-electron chi connectivity index (χ3n) is 3.73. The van der Waals surface area contributed by atoms with Gasteiger partial charge in [-0.1, -0.05) is 38.0 Å². The van der Waals surface area contributed by atoms with E-state index in [2.05, 4.69) is 12.2 Å². The summed E-state index contributed by atoms with van der Waals surface area (Å²) in [6.07, 6.45) is 7.24. The predicted molar refractivity (Wildman–Crippen MR) is 74.1 cm³/mol. The second kappa shape index (κ2) is 6.89. The van der Waals surface area contributed by atoms with Crippen molar-refractivity contribution in [2.75, 3.05) is 6.54 Å². The summed E-state index contributed by atoms with van der Waals surface area (Å²) in [6.45, 7) is 3.21. The van der Waals surface area contributed by atoms with E-state index in [9.17, 15) is 4.39 Å². The highest BCUT2D eigenvalue weighted by Gasteiger charge is 2.22. The lowest BCUT2D eigenvalue weighted by atomic mass is 10.00. The van der Waals surface area contributed by atoms with Crippen LogP contribution in [0.4, 0.5) is 4.39 Å². The molecule has 1 saturated carbocycles. The molecule has 1 aliphatic rings. The molecule has 1 unspecified atom stereocenters. The number of hydrogen-bond acceptors (Lipinski definition) is 1. The van der Waals surface area contributed by atoms with Crippen molar-refractivity contribution in [3.63, 3.8) is 0 Å². The van der Waals surface area contributed by atoms with Crippen LogP contribution in [-0.2, 0) is 6.42 Å². The minimum Gasteiger partial charge on any atom is -0.314 e. The fourth-order valence-electron chi connectivity index (χ4n) is 2.40. The molecule has 0 bridgehead atoms. The second-order valence-electron chi connectivity index (χ2n) is 5.47. The maximum absolute atomic E-state index is 13.7. The summed E-state index contributed by atoms with van der Waals surface area (Å²) in [5.41, 5.74) is 0.849. The lowest BCUT2D eigenvalue weighted by Gasteiger charge is -2.19. The molecular formula is C16H24FN. The third-order valence-corrected chi connectivity index (χ3v) is 3.73. The Hall–Kier alpha value is -0.890. The predicted octanol–water partition coefficient (Wildman–Crippen LogP) is 3.93. The van der Waals surface area contributed by atoms with Gasteiger partial charge in [-0.15, -0.1) is 0 Å². The summed E-state index contributed by atoms with van der Waals surface area (Å²) in [5, 5.41) is 3.56. The molecule has 2 heteroatoms. The zero-order chi connectivity index (χ0) is 12.8. The van der Waals surface area contributed by atoms with Crippen LogP contribution >= 0.6 is 0 Å². The SMILES string of the molecule is CCCNC(CCC1CC1)Cc1ccccc1F. The highest BCUT2D eigenvalue weighted by Crippen LogP contribution is 2.34. The Morgan fingerprint density at radius 1 is 1.33 bits per heavy atom. The molecular weight excluding hydrogens is 225 g/mol. The molecule has 0 spiro atoms. The Bertz CT molecular complexity index is 360. The van der Waals surface area contributed by atoms with Gasteiger partial charge in [0.05, 0.1) is 0 Å². The van der Waals surface area contributed by atoms with Crippen molar-refractivity contribution in [3.05, 3.63) is 35.6 Å². The van der Waals surface area contributed by atoms with Crippen LogP contribution in [0.2, 0.25) is 0 Å². The van der Waals surface area contributed by atoms with Gasteiger partial charge >= 0.3 is 0 Å². The van der Waals surface area contributed by atoms with Crippen LogP contribution in [0.15, 0.2) is 24.3 Å². The van der Waals surface area contributed by atoms with E-state index >= 15 is 0 Å². The Morgan fingerprint density at radius 2 is 2.11 bits per heavy atom. The molecule has 1 aromatic carbocycles. The molecule has 0 aromatic heterocycles. The first-order valence-corrected chi connectivity index (χ1v) is 7.26. The van der Waals surface area contributed by atoms with E-state index in [1.807, 2.05) is 12.1 Å². The van der Waals surface area contributed by atoms with Crippen molar-refractivity contribution in [1.29, 1.82) is 0 Å². The third kappa shape index (κ3) is 4.41.